The number of aryl methyl sites for hydroxylation is 1. The van der Waals surface area contributed by atoms with E-state index in [0.29, 0.717) is 22.9 Å². The molecule has 0 saturated carbocycles. The number of nitriles is 1. The number of ether oxygens (including phenoxy) is 3. The number of hydrogen-bond acceptors (Lipinski definition) is 5. The summed E-state index contributed by atoms with van der Waals surface area (Å²) in [6, 6.07) is 3.88. The first-order chi connectivity index (χ1) is 9.19. The number of hydrogen-bond donors (Lipinski definition) is 0. The van der Waals surface area contributed by atoms with Crippen molar-refractivity contribution in [3.63, 3.8) is 0 Å². The molecule has 1 heterocycles. The highest BCUT2D eigenvalue weighted by atomic mass is 16.5. The zero-order valence-electron chi connectivity index (χ0n) is 11.3. The topological polar surface area (TPSA) is 64.4 Å². The van der Waals surface area contributed by atoms with Gasteiger partial charge >= 0.3 is 0 Å². The molecule has 0 amide bonds. The van der Waals surface area contributed by atoms with Crippen LogP contribution in [0.5, 0.6) is 17.2 Å². The van der Waals surface area contributed by atoms with Gasteiger partial charge in [0.15, 0.2) is 11.5 Å². The highest BCUT2D eigenvalue weighted by Crippen LogP contribution is 2.46. The lowest BCUT2D eigenvalue weighted by atomic mass is 10.0. The van der Waals surface area contributed by atoms with Gasteiger partial charge in [0.25, 0.3) is 0 Å². The van der Waals surface area contributed by atoms with Crippen molar-refractivity contribution in [2.24, 2.45) is 0 Å². The maximum absolute atomic E-state index is 9.19. The van der Waals surface area contributed by atoms with Crippen molar-refractivity contribution in [1.29, 1.82) is 5.26 Å². The van der Waals surface area contributed by atoms with Crippen LogP contribution in [-0.2, 0) is 0 Å². The van der Waals surface area contributed by atoms with Crippen LogP contribution in [0, 0.1) is 18.3 Å². The Labute approximate surface area is 111 Å². The van der Waals surface area contributed by atoms with E-state index in [1.54, 1.807) is 33.6 Å². The second-order valence-corrected chi connectivity index (χ2v) is 3.92. The van der Waals surface area contributed by atoms with Gasteiger partial charge in [-0.2, -0.15) is 5.26 Å². The SMILES string of the molecule is COc1c(OC)c(C)c2c(C#N)nccc2c1OC. The van der Waals surface area contributed by atoms with E-state index >= 15 is 0 Å². The van der Waals surface area contributed by atoms with Crippen molar-refractivity contribution < 1.29 is 14.2 Å². The Hall–Kier alpha value is -2.48. The fourth-order valence-corrected chi connectivity index (χ4v) is 2.26. The van der Waals surface area contributed by atoms with Gasteiger partial charge < -0.3 is 14.2 Å². The average Bonchev–Trinajstić information content (AvgIpc) is 2.46. The maximum atomic E-state index is 9.19. The summed E-state index contributed by atoms with van der Waals surface area (Å²) in [6.45, 7) is 1.87. The van der Waals surface area contributed by atoms with E-state index in [4.69, 9.17) is 14.2 Å². The van der Waals surface area contributed by atoms with Gasteiger partial charge in [-0.15, -0.1) is 0 Å². The molecular weight excluding hydrogens is 244 g/mol. The molecule has 2 rings (SSSR count). The van der Waals surface area contributed by atoms with Gasteiger partial charge in [-0.3, -0.25) is 0 Å². The molecule has 0 atom stereocenters. The molecule has 0 aliphatic heterocycles. The fraction of sp³-hybridized carbons (Fsp3) is 0.286. The summed E-state index contributed by atoms with van der Waals surface area (Å²) >= 11 is 0. The van der Waals surface area contributed by atoms with Crippen LogP contribution in [0.25, 0.3) is 10.8 Å². The molecule has 0 fully saturated rings. The molecule has 0 N–H and O–H groups in total. The van der Waals surface area contributed by atoms with Gasteiger partial charge in [0.1, 0.15) is 11.8 Å². The van der Waals surface area contributed by atoms with Crippen molar-refractivity contribution in [2.75, 3.05) is 21.3 Å². The van der Waals surface area contributed by atoms with Crippen molar-refractivity contribution in [1.82, 2.24) is 4.98 Å². The quantitative estimate of drug-likeness (QED) is 0.846. The summed E-state index contributed by atoms with van der Waals surface area (Å²) in [4.78, 5) is 4.08. The highest BCUT2D eigenvalue weighted by molar-refractivity contribution is 5.98. The average molecular weight is 258 g/mol. The molecule has 0 spiro atoms. The third-order valence-electron chi connectivity index (χ3n) is 3.04. The summed E-state index contributed by atoms with van der Waals surface area (Å²) in [5, 5.41) is 10.7. The Morgan fingerprint density at radius 1 is 1.05 bits per heavy atom. The van der Waals surface area contributed by atoms with Gasteiger partial charge in [-0.1, -0.05) is 0 Å². The zero-order valence-corrected chi connectivity index (χ0v) is 11.3. The van der Waals surface area contributed by atoms with Crippen LogP contribution in [0.1, 0.15) is 11.3 Å². The predicted molar refractivity (Wildman–Crippen MR) is 70.9 cm³/mol. The minimum atomic E-state index is 0.342. The van der Waals surface area contributed by atoms with Crippen molar-refractivity contribution >= 4 is 10.8 Å². The Bertz CT molecular complexity index is 675. The van der Waals surface area contributed by atoms with Crippen molar-refractivity contribution in [3.8, 4) is 23.3 Å². The first-order valence-electron chi connectivity index (χ1n) is 5.66. The second-order valence-electron chi connectivity index (χ2n) is 3.92. The summed E-state index contributed by atoms with van der Waals surface area (Å²) in [5.74, 6) is 1.61. The lowest BCUT2D eigenvalue weighted by molar-refractivity contribution is 0.326. The van der Waals surface area contributed by atoms with Gasteiger partial charge in [-0.25, -0.2) is 4.98 Å². The molecule has 98 valence electrons. The Morgan fingerprint density at radius 2 is 1.68 bits per heavy atom. The molecule has 0 radical (unpaired) electrons. The number of benzene rings is 1. The van der Waals surface area contributed by atoms with Crippen LogP contribution in [0.2, 0.25) is 0 Å². The molecular formula is C14H14N2O3. The van der Waals surface area contributed by atoms with Crippen molar-refractivity contribution in [2.45, 2.75) is 6.92 Å². The molecule has 0 aliphatic carbocycles. The van der Waals surface area contributed by atoms with E-state index in [9.17, 15) is 5.26 Å². The van der Waals surface area contributed by atoms with Crippen LogP contribution >= 0.6 is 0 Å². The number of rotatable bonds is 3. The summed E-state index contributed by atoms with van der Waals surface area (Å²) < 4.78 is 16.1. The molecule has 19 heavy (non-hydrogen) atoms. The lowest BCUT2D eigenvalue weighted by Crippen LogP contribution is -2.00. The third kappa shape index (κ3) is 1.82. The number of pyridine rings is 1. The highest BCUT2D eigenvalue weighted by Gasteiger charge is 2.21. The van der Waals surface area contributed by atoms with E-state index in [2.05, 4.69) is 11.1 Å². The monoisotopic (exact) mass is 258 g/mol. The van der Waals surface area contributed by atoms with Crippen LogP contribution in [0.4, 0.5) is 0 Å². The third-order valence-corrected chi connectivity index (χ3v) is 3.04. The predicted octanol–water partition coefficient (Wildman–Crippen LogP) is 2.44. The normalized spacial score (nSPS) is 10.1. The molecule has 0 saturated heterocycles. The van der Waals surface area contributed by atoms with E-state index in [1.807, 2.05) is 6.92 Å². The largest absolute Gasteiger partial charge is 0.492 e. The van der Waals surface area contributed by atoms with Crippen LogP contribution in [0.3, 0.4) is 0 Å². The minimum Gasteiger partial charge on any atom is -0.492 e. The van der Waals surface area contributed by atoms with E-state index in [1.165, 1.54) is 0 Å². The van der Waals surface area contributed by atoms with Crippen LogP contribution in [-0.4, -0.2) is 26.3 Å². The number of nitrogens with zero attached hydrogens (tertiary/aromatic N) is 2. The number of aromatic nitrogens is 1. The number of methoxy groups -OCH3 is 3. The minimum absolute atomic E-state index is 0.342. The molecule has 1 aromatic carbocycles. The molecule has 0 unspecified atom stereocenters. The standard InChI is InChI=1S/C14H14N2O3/c1-8-11-9(5-6-16-10(11)7-15)13(18-3)14(19-4)12(8)17-2/h5-6H,1-4H3. The Kier molecular flexibility index (Phi) is 3.43. The molecule has 0 aliphatic rings. The Morgan fingerprint density at radius 3 is 2.21 bits per heavy atom. The first kappa shape index (κ1) is 13.0. The Balaban J connectivity index is 3.04. The first-order valence-corrected chi connectivity index (χ1v) is 5.66. The van der Waals surface area contributed by atoms with Gasteiger partial charge in [-0.05, 0) is 13.0 Å². The van der Waals surface area contributed by atoms with Gasteiger partial charge in [0, 0.05) is 22.5 Å². The van der Waals surface area contributed by atoms with Crippen LogP contribution in [0.15, 0.2) is 12.3 Å². The number of fused-ring (bicyclic) bond motifs is 1. The summed E-state index contributed by atoms with van der Waals surface area (Å²) in [7, 11) is 4.66. The van der Waals surface area contributed by atoms with Gasteiger partial charge in [0.05, 0.1) is 21.3 Å². The van der Waals surface area contributed by atoms with E-state index in [0.717, 1.165) is 16.3 Å². The van der Waals surface area contributed by atoms with Crippen LogP contribution < -0.4 is 14.2 Å². The van der Waals surface area contributed by atoms with Gasteiger partial charge in [0.2, 0.25) is 5.75 Å². The molecule has 5 nitrogen and oxygen atoms in total. The maximum Gasteiger partial charge on any atom is 0.204 e. The second kappa shape index (κ2) is 5.02. The zero-order chi connectivity index (χ0) is 14.0. The molecule has 5 heteroatoms. The molecule has 1 aromatic heterocycles. The fourth-order valence-electron chi connectivity index (χ4n) is 2.26. The van der Waals surface area contributed by atoms with E-state index < -0.39 is 0 Å². The summed E-state index contributed by atoms with van der Waals surface area (Å²) in [6.07, 6.45) is 1.58. The lowest BCUT2D eigenvalue weighted by Gasteiger charge is -2.17. The molecule has 2 aromatic rings. The van der Waals surface area contributed by atoms with Crippen molar-refractivity contribution in [3.05, 3.63) is 23.5 Å². The van der Waals surface area contributed by atoms with E-state index in [-0.39, 0.29) is 0 Å². The smallest absolute Gasteiger partial charge is 0.204 e. The summed E-state index contributed by atoms with van der Waals surface area (Å²) in [5.41, 5.74) is 1.15. The molecule has 0 bridgehead atoms.